The van der Waals surface area contributed by atoms with Gasteiger partial charge in [-0.05, 0) is 33.4 Å². The maximum atomic E-state index is 13.1. The van der Waals surface area contributed by atoms with Gasteiger partial charge in [-0.25, -0.2) is 4.98 Å². The van der Waals surface area contributed by atoms with Gasteiger partial charge in [0.2, 0.25) is 5.91 Å². The maximum absolute atomic E-state index is 13.1. The second-order valence-electron chi connectivity index (χ2n) is 8.44. The Labute approximate surface area is 205 Å². The number of amides is 1. The molecular formula is C23H37N7O5. The van der Waals surface area contributed by atoms with Gasteiger partial charge in [0.15, 0.2) is 11.6 Å². The Morgan fingerprint density at radius 3 is 2.49 bits per heavy atom. The monoisotopic (exact) mass is 491 g/mol. The Bertz CT molecular complexity index is 975. The summed E-state index contributed by atoms with van der Waals surface area (Å²) in [6.45, 7) is 5.82. The summed E-state index contributed by atoms with van der Waals surface area (Å²) in [7, 11) is 1.77. The van der Waals surface area contributed by atoms with Crippen molar-refractivity contribution in [3.8, 4) is 0 Å². The standard InChI is InChI=1S/C23H37N7O5/c1-5-7-8-10-29(4)14-19(31)17(12-20(32)33)28-22(34)18(6-2)30-11-9-26-21(23(30)35)27-13-16(25)15(3)24/h9,11,17-18,24-25H,5-8,10,12-14H2,1-4H3,(H,26,27)(H,28,34)(H,32,33). The first-order valence-corrected chi connectivity index (χ1v) is 11.7. The lowest BCUT2D eigenvalue weighted by atomic mass is 10.1. The zero-order chi connectivity index (χ0) is 26.5. The van der Waals surface area contributed by atoms with E-state index < -0.39 is 41.7 Å². The summed E-state index contributed by atoms with van der Waals surface area (Å²) in [5.41, 5.74) is -0.576. The second kappa shape index (κ2) is 14.8. The molecule has 12 heteroatoms. The highest BCUT2D eigenvalue weighted by Gasteiger charge is 2.28. The number of nitrogens with one attached hydrogen (secondary N) is 4. The molecule has 2 atom stereocenters. The van der Waals surface area contributed by atoms with Crippen LogP contribution < -0.4 is 16.2 Å². The van der Waals surface area contributed by atoms with E-state index in [0.29, 0.717) is 6.54 Å². The summed E-state index contributed by atoms with van der Waals surface area (Å²) >= 11 is 0. The van der Waals surface area contributed by atoms with E-state index in [1.807, 2.05) is 0 Å². The summed E-state index contributed by atoms with van der Waals surface area (Å²) in [6, 6.07) is -2.23. The smallest absolute Gasteiger partial charge is 0.305 e. The van der Waals surface area contributed by atoms with Gasteiger partial charge in [0, 0.05) is 12.4 Å². The number of aliphatic carboxylic acids is 1. The van der Waals surface area contributed by atoms with Gasteiger partial charge in [-0.3, -0.25) is 28.6 Å². The highest BCUT2D eigenvalue weighted by atomic mass is 16.4. The average molecular weight is 492 g/mol. The number of unbranched alkanes of at least 4 members (excludes halogenated alkanes) is 2. The Hall–Kier alpha value is -3.41. The number of nitrogens with zero attached hydrogens (tertiary/aromatic N) is 3. The first kappa shape index (κ1) is 29.6. The minimum atomic E-state index is -1.23. The third-order valence-electron chi connectivity index (χ3n) is 5.43. The van der Waals surface area contributed by atoms with Crippen molar-refractivity contribution in [2.24, 2.45) is 0 Å². The summed E-state index contributed by atoms with van der Waals surface area (Å²) in [5.74, 6) is -2.37. The SMILES string of the molecule is CCCCCN(C)CC(=O)C(CC(=O)O)NC(=O)C(CC)n1ccnc(NCC(=N)C(C)=N)c1=O. The molecule has 0 aliphatic rings. The van der Waals surface area contributed by atoms with Crippen molar-refractivity contribution < 1.29 is 19.5 Å². The molecule has 0 radical (unpaired) electrons. The summed E-state index contributed by atoms with van der Waals surface area (Å²) in [6.07, 6.45) is 5.27. The number of anilines is 1. The number of aromatic nitrogens is 2. The van der Waals surface area contributed by atoms with Crippen LogP contribution in [0.5, 0.6) is 0 Å². The van der Waals surface area contributed by atoms with E-state index >= 15 is 0 Å². The maximum Gasteiger partial charge on any atom is 0.305 e. The number of carboxylic acid groups (broad SMARTS) is 1. The third kappa shape index (κ3) is 9.77. The van der Waals surface area contributed by atoms with Gasteiger partial charge in [0.1, 0.15) is 6.04 Å². The molecule has 194 valence electrons. The van der Waals surface area contributed by atoms with Crippen LogP contribution in [0, 0.1) is 10.8 Å². The molecule has 2 unspecified atom stereocenters. The number of carbonyl (C=O) groups is 3. The molecule has 1 aromatic heterocycles. The van der Waals surface area contributed by atoms with E-state index in [1.54, 1.807) is 18.9 Å². The number of Topliss-reactive ketones (excluding diaryl/α,β-unsaturated/α-hetero) is 1. The van der Waals surface area contributed by atoms with Crippen molar-refractivity contribution in [2.75, 3.05) is 32.0 Å². The number of ketones is 1. The predicted octanol–water partition coefficient (Wildman–Crippen LogP) is 1.32. The highest BCUT2D eigenvalue weighted by molar-refractivity contribution is 6.40. The lowest BCUT2D eigenvalue weighted by molar-refractivity contribution is -0.140. The number of rotatable bonds is 17. The van der Waals surface area contributed by atoms with Crippen LogP contribution in [0.2, 0.25) is 0 Å². The zero-order valence-electron chi connectivity index (χ0n) is 20.9. The largest absolute Gasteiger partial charge is 0.481 e. The van der Waals surface area contributed by atoms with E-state index in [4.69, 9.17) is 10.8 Å². The quantitative estimate of drug-likeness (QED) is 0.160. The first-order valence-electron chi connectivity index (χ1n) is 11.7. The normalized spacial score (nSPS) is 12.6. The van der Waals surface area contributed by atoms with Gasteiger partial charge in [0.25, 0.3) is 5.56 Å². The number of likely N-dealkylation sites (N-methyl/N-ethyl adjacent to an activating group) is 1. The van der Waals surface area contributed by atoms with Crippen LogP contribution in [0.15, 0.2) is 17.2 Å². The number of hydrogen-bond acceptors (Lipinski definition) is 9. The van der Waals surface area contributed by atoms with Crippen LogP contribution >= 0.6 is 0 Å². The van der Waals surface area contributed by atoms with E-state index in [9.17, 15) is 24.3 Å². The van der Waals surface area contributed by atoms with Crippen molar-refractivity contribution in [1.29, 1.82) is 10.8 Å². The third-order valence-corrected chi connectivity index (χ3v) is 5.43. The molecule has 0 aliphatic carbocycles. The molecule has 0 fully saturated rings. The number of hydrogen-bond donors (Lipinski definition) is 5. The lowest BCUT2D eigenvalue weighted by Gasteiger charge is -2.24. The average Bonchev–Trinajstić information content (AvgIpc) is 2.78. The molecule has 0 aliphatic heterocycles. The van der Waals surface area contributed by atoms with E-state index in [0.717, 1.165) is 23.8 Å². The first-order chi connectivity index (χ1) is 16.5. The molecule has 1 heterocycles. The lowest BCUT2D eigenvalue weighted by Crippen LogP contribution is -2.49. The predicted molar refractivity (Wildman–Crippen MR) is 134 cm³/mol. The number of carboxylic acids is 1. The molecule has 5 N–H and O–H groups in total. The molecule has 35 heavy (non-hydrogen) atoms. The van der Waals surface area contributed by atoms with Crippen LogP contribution in [0.1, 0.15) is 58.9 Å². The number of carbonyl (C=O) groups excluding carboxylic acids is 2. The van der Waals surface area contributed by atoms with Crippen molar-refractivity contribution in [2.45, 2.75) is 65.0 Å². The van der Waals surface area contributed by atoms with Crippen molar-refractivity contribution in [3.63, 3.8) is 0 Å². The van der Waals surface area contributed by atoms with Gasteiger partial charge in [-0.2, -0.15) is 0 Å². The van der Waals surface area contributed by atoms with Crippen molar-refractivity contribution >= 4 is 34.9 Å². The van der Waals surface area contributed by atoms with Crippen LogP contribution in [0.25, 0.3) is 0 Å². The molecule has 1 rings (SSSR count). The Morgan fingerprint density at radius 2 is 1.91 bits per heavy atom. The minimum Gasteiger partial charge on any atom is -0.481 e. The fraction of sp³-hybridized carbons (Fsp3) is 0.609. The molecule has 1 aromatic rings. The van der Waals surface area contributed by atoms with Crippen LogP contribution in [0.3, 0.4) is 0 Å². The summed E-state index contributed by atoms with van der Waals surface area (Å²) < 4.78 is 1.16. The topological polar surface area (TPSA) is 181 Å². The molecule has 0 aromatic carbocycles. The molecule has 0 spiro atoms. The van der Waals surface area contributed by atoms with Gasteiger partial charge in [0.05, 0.1) is 37.0 Å². The van der Waals surface area contributed by atoms with Crippen LogP contribution in [0.4, 0.5) is 5.82 Å². The molecule has 0 saturated heterocycles. The van der Waals surface area contributed by atoms with Gasteiger partial charge in [-0.1, -0.05) is 26.7 Å². The van der Waals surface area contributed by atoms with Gasteiger partial charge < -0.3 is 26.6 Å². The van der Waals surface area contributed by atoms with E-state index in [1.165, 1.54) is 19.3 Å². The van der Waals surface area contributed by atoms with Gasteiger partial charge >= 0.3 is 5.97 Å². The summed E-state index contributed by atoms with van der Waals surface area (Å²) in [5, 5.41) is 29.7. The fourth-order valence-corrected chi connectivity index (χ4v) is 3.38. The fourth-order valence-electron chi connectivity index (χ4n) is 3.38. The van der Waals surface area contributed by atoms with Gasteiger partial charge in [-0.15, -0.1) is 0 Å². The second-order valence-corrected chi connectivity index (χ2v) is 8.44. The molecule has 1 amide bonds. The van der Waals surface area contributed by atoms with E-state index in [-0.39, 0.29) is 36.8 Å². The Kier molecular flexibility index (Phi) is 12.5. The summed E-state index contributed by atoms with van der Waals surface area (Å²) in [4.78, 5) is 55.8. The van der Waals surface area contributed by atoms with Crippen LogP contribution in [-0.4, -0.2) is 81.4 Å². The Balaban J connectivity index is 3.01. The van der Waals surface area contributed by atoms with E-state index in [2.05, 4.69) is 22.5 Å². The molecule has 0 saturated carbocycles. The van der Waals surface area contributed by atoms with Crippen molar-refractivity contribution in [3.05, 3.63) is 22.7 Å². The molecule has 12 nitrogen and oxygen atoms in total. The Morgan fingerprint density at radius 1 is 1.23 bits per heavy atom. The molecule has 0 bridgehead atoms. The zero-order valence-corrected chi connectivity index (χ0v) is 20.9. The van der Waals surface area contributed by atoms with Crippen molar-refractivity contribution in [1.82, 2.24) is 19.8 Å². The molecular weight excluding hydrogens is 454 g/mol. The minimum absolute atomic E-state index is 0.000395. The van der Waals surface area contributed by atoms with Crippen LogP contribution in [-0.2, 0) is 14.4 Å². The highest BCUT2D eigenvalue weighted by Crippen LogP contribution is 2.11.